The molecule has 1 amide bonds. The van der Waals surface area contributed by atoms with Crippen molar-refractivity contribution in [3.05, 3.63) is 48.1 Å². The van der Waals surface area contributed by atoms with E-state index >= 15 is 0 Å². The van der Waals surface area contributed by atoms with Crippen molar-refractivity contribution < 1.29 is 19.1 Å². The Morgan fingerprint density at radius 1 is 1.18 bits per heavy atom. The third-order valence-corrected chi connectivity index (χ3v) is 4.74. The van der Waals surface area contributed by atoms with Crippen LogP contribution in [0.25, 0.3) is 6.08 Å². The summed E-state index contributed by atoms with van der Waals surface area (Å²) in [5, 5.41) is 2.96. The zero-order chi connectivity index (χ0) is 20.4. The molecule has 152 valence electrons. The molecule has 28 heavy (non-hydrogen) atoms. The number of carbonyl (C=O) groups is 2. The van der Waals surface area contributed by atoms with Gasteiger partial charge in [-0.1, -0.05) is 32.1 Å². The molecule has 2 rings (SSSR count). The van der Waals surface area contributed by atoms with Crippen LogP contribution in [-0.2, 0) is 14.3 Å². The molecule has 0 unspecified atom stereocenters. The summed E-state index contributed by atoms with van der Waals surface area (Å²) in [6, 6.07) is 7.77. The van der Waals surface area contributed by atoms with Crippen molar-refractivity contribution in [2.45, 2.75) is 64.5 Å². The van der Waals surface area contributed by atoms with Crippen molar-refractivity contribution in [2.75, 3.05) is 6.61 Å². The highest BCUT2D eigenvalue weighted by molar-refractivity contribution is 5.92. The zero-order valence-corrected chi connectivity index (χ0v) is 16.9. The molecule has 5 nitrogen and oxygen atoms in total. The van der Waals surface area contributed by atoms with Gasteiger partial charge in [0, 0.05) is 17.7 Å². The van der Waals surface area contributed by atoms with E-state index in [0.29, 0.717) is 5.57 Å². The fourth-order valence-corrected chi connectivity index (χ4v) is 3.01. The zero-order valence-electron chi connectivity index (χ0n) is 16.9. The maximum absolute atomic E-state index is 12.1. The number of unbranched alkanes of at least 4 members (excludes halogenated alkanes) is 1. The standard InChI is InChI=1S/C23H31NO4/c1-4-5-16-27-20-11-6-18(7-12-20)8-15-22(25)28-21-13-9-19(10-14-21)24-23(26)17(2)3/h6-8,11-12,15,19,21H,2,4-5,9-10,13-14,16H2,1,3H3,(H,24,26)/b15-8+. The molecule has 1 saturated carbocycles. The second kappa shape index (κ2) is 11.3. The molecule has 1 aliphatic rings. The van der Waals surface area contributed by atoms with Gasteiger partial charge in [-0.25, -0.2) is 4.79 Å². The van der Waals surface area contributed by atoms with Crippen LogP contribution in [-0.4, -0.2) is 30.6 Å². The van der Waals surface area contributed by atoms with Crippen molar-refractivity contribution in [3.63, 3.8) is 0 Å². The van der Waals surface area contributed by atoms with Crippen LogP contribution in [0, 0.1) is 0 Å². The largest absolute Gasteiger partial charge is 0.494 e. The summed E-state index contributed by atoms with van der Waals surface area (Å²) in [4.78, 5) is 23.7. The van der Waals surface area contributed by atoms with E-state index in [1.54, 1.807) is 13.0 Å². The van der Waals surface area contributed by atoms with Gasteiger partial charge >= 0.3 is 5.97 Å². The molecule has 0 atom stereocenters. The maximum atomic E-state index is 12.1. The van der Waals surface area contributed by atoms with E-state index in [4.69, 9.17) is 9.47 Å². The van der Waals surface area contributed by atoms with Crippen molar-refractivity contribution >= 4 is 18.0 Å². The predicted octanol–water partition coefficient (Wildman–Crippen LogP) is 4.43. The Hall–Kier alpha value is -2.56. The smallest absolute Gasteiger partial charge is 0.331 e. The average Bonchev–Trinajstić information content (AvgIpc) is 2.69. The van der Waals surface area contributed by atoms with Crippen molar-refractivity contribution in [1.29, 1.82) is 0 Å². The maximum Gasteiger partial charge on any atom is 0.331 e. The normalized spacial score (nSPS) is 19.2. The van der Waals surface area contributed by atoms with Crippen LogP contribution in [0.15, 0.2) is 42.5 Å². The molecule has 0 heterocycles. The van der Waals surface area contributed by atoms with Gasteiger partial charge in [0.05, 0.1) is 6.61 Å². The molecule has 5 heteroatoms. The van der Waals surface area contributed by atoms with Gasteiger partial charge in [0.25, 0.3) is 0 Å². The van der Waals surface area contributed by atoms with Gasteiger partial charge < -0.3 is 14.8 Å². The topological polar surface area (TPSA) is 64.6 Å². The highest BCUT2D eigenvalue weighted by Crippen LogP contribution is 2.22. The number of esters is 1. The third kappa shape index (κ3) is 7.59. The van der Waals surface area contributed by atoms with Gasteiger partial charge in [-0.3, -0.25) is 4.79 Å². The third-order valence-electron chi connectivity index (χ3n) is 4.74. The Kier molecular flexibility index (Phi) is 8.79. The lowest BCUT2D eigenvalue weighted by atomic mass is 9.92. The first-order valence-electron chi connectivity index (χ1n) is 10.1. The van der Waals surface area contributed by atoms with Gasteiger partial charge in [0.1, 0.15) is 11.9 Å². The molecule has 1 N–H and O–H groups in total. The summed E-state index contributed by atoms with van der Waals surface area (Å²) in [5.74, 6) is 0.395. The molecule has 1 aliphatic carbocycles. The number of nitrogens with one attached hydrogen (secondary N) is 1. The van der Waals surface area contributed by atoms with Crippen LogP contribution in [0.3, 0.4) is 0 Å². The second-order valence-corrected chi connectivity index (χ2v) is 7.27. The second-order valence-electron chi connectivity index (χ2n) is 7.27. The van der Waals surface area contributed by atoms with Crippen molar-refractivity contribution in [1.82, 2.24) is 5.32 Å². The van der Waals surface area contributed by atoms with E-state index < -0.39 is 0 Å². The first-order chi connectivity index (χ1) is 13.5. The van der Waals surface area contributed by atoms with Crippen molar-refractivity contribution in [3.8, 4) is 5.75 Å². The lowest BCUT2D eigenvalue weighted by Crippen LogP contribution is -2.39. The Bertz CT molecular complexity index is 685. The number of rotatable bonds is 9. The predicted molar refractivity (Wildman–Crippen MR) is 111 cm³/mol. The SMILES string of the molecule is C=C(C)C(=O)NC1CCC(OC(=O)/C=C/c2ccc(OCCCC)cc2)CC1. The highest BCUT2D eigenvalue weighted by Gasteiger charge is 2.24. The van der Waals surface area contributed by atoms with Gasteiger partial charge in [-0.05, 0) is 62.8 Å². The lowest BCUT2D eigenvalue weighted by molar-refractivity contribution is -0.144. The van der Waals surface area contributed by atoms with E-state index in [1.165, 1.54) is 6.08 Å². The number of carbonyl (C=O) groups excluding carboxylic acids is 2. The van der Waals surface area contributed by atoms with Gasteiger partial charge in [0.2, 0.25) is 5.91 Å². The summed E-state index contributed by atoms with van der Waals surface area (Å²) >= 11 is 0. The van der Waals surface area contributed by atoms with E-state index in [1.807, 2.05) is 24.3 Å². The summed E-state index contributed by atoms with van der Waals surface area (Å²) in [6.45, 7) is 8.19. The van der Waals surface area contributed by atoms with Gasteiger partial charge in [0.15, 0.2) is 0 Å². The number of hydrogen-bond donors (Lipinski definition) is 1. The molecule has 0 radical (unpaired) electrons. The van der Waals surface area contributed by atoms with Crippen molar-refractivity contribution in [2.24, 2.45) is 0 Å². The Balaban J connectivity index is 1.72. The molecule has 1 aromatic rings. The van der Waals surface area contributed by atoms with E-state index in [2.05, 4.69) is 18.8 Å². The minimum atomic E-state index is -0.335. The highest BCUT2D eigenvalue weighted by atomic mass is 16.5. The Morgan fingerprint density at radius 3 is 2.46 bits per heavy atom. The summed E-state index contributed by atoms with van der Waals surface area (Å²) < 4.78 is 11.1. The van der Waals surface area contributed by atoms with Crippen LogP contribution in [0.1, 0.15) is 57.9 Å². The molecule has 0 aliphatic heterocycles. The summed E-state index contributed by atoms with van der Waals surface area (Å²) in [7, 11) is 0. The van der Waals surface area contributed by atoms with Gasteiger partial charge in [-0.15, -0.1) is 0 Å². The van der Waals surface area contributed by atoms with Gasteiger partial charge in [-0.2, -0.15) is 0 Å². The molecule has 1 aromatic carbocycles. The van der Waals surface area contributed by atoms with E-state index in [-0.39, 0.29) is 24.0 Å². The Labute approximate surface area is 167 Å². The first kappa shape index (κ1) is 21.7. The van der Waals surface area contributed by atoms with E-state index in [0.717, 1.165) is 56.4 Å². The average molecular weight is 386 g/mol. The van der Waals surface area contributed by atoms with E-state index in [9.17, 15) is 9.59 Å². The summed E-state index contributed by atoms with van der Waals surface area (Å²) in [5.41, 5.74) is 1.44. The molecule has 1 fully saturated rings. The fourth-order valence-electron chi connectivity index (χ4n) is 3.01. The summed E-state index contributed by atoms with van der Waals surface area (Å²) in [6.07, 6.45) is 8.38. The van der Waals surface area contributed by atoms with Crippen LogP contribution in [0.4, 0.5) is 0 Å². The molecule has 0 saturated heterocycles. The molecular weight excluding hydrogens is 354 g/mol. The Morgan fingerprint density at radius 2 is 1.86 bits per heavy atom. The number of benzene rings is 1. The quantitative estimate of drug-likeness (QED) is 0.388. The number of amides is 1. The number of hydrogen-bond acceptors (Lipinski definition) is 4. The molecule has 0 aromatic heterocycles. The van der Waals surface area contributed by atoms with Crippen LogP contribution in [0.2, 0.25) is 0 Å². The van der Waals surface area contributed by atoms with Crippen LogP contribution in [0.5, 0.6) is 5.75 Å². The molecule has 0 spiro atoms. The van der Waals surface area contributed by atoms with Crippen LogP contribution < -0.4 is 10.1 Å². The minimum absolute atomic E-state index is 0.0931. The number of ether oxygens (including phenoxy) is 2. The molecule has 0 bridgehead atoms. The minimum Gasteiger partial charge on any atom is -0.494 e. The molecular formula is C23H31NO4. The monoisotopic (exact) mass is 385 g/mol. The van der Waals surface area contributed by atoms with Crippen LogP contribution >= 0.6 is 0 Å². The fraction of sp³-hybridized carbons (Fsp3) is 0.478. The first-order valence-corrected chi connectivity index (χ1v) is 10.1. The lowest BCUT2D eigenvalue weighted by Gasteiger charge is -2.28.